The van der Waals surface area contributed by atoms with E-state index >= 15 is 0 Å². The van der Waals surface area contributed by atoms with E-state index in [9.17, 15) is 4.79 Å². The van der Waals surface area contributed by atoms with Gasteiger partial charge in [-0.05, 0) is 0 Å². The lowest BCUT2D eigenvalue weighted by molar-refractivity contribution is -0.148. The molecule has 66 valence electrons. The molecule has 0 aromatic carbocycles. The van der Waals surface area contributed by atoms with E-state index in [0.717, 1.165) is 0 Å². The highest BCUT2D eigenvalue weighted by Gasteiger charge is 2.15. The fraction of sp³-hybridized carbons (Fsp3) is 0.857. The molecule has 0 aliphatic carbocycles. The van der Waals surface area contributed by atoms with Crippen molar-refractivity contribution in [2.75, 3.05) is 13.7 Å². The van der Waals surface area contributed by atoms with Gasteiger partial charge < -0.3 is 15.2 Å². The largest absolute Gasteiger partial charge is 0.479 e. The second kappa shape index (κ2) is 5.09. The van der Waals surface area contributed by atoms with Gasteiger partial charge in [0, 0.05) is 19.7 Å². The minimum absolute atomic E-state index is 0.284. The molecule has 0 radical (unpaired) electrons. The maximum absolute atomic E-state index is 10.4. The summed E-state index contributed by atoms with van der Waals surface area (Å²) >= 11 is 0. The average Bonchev–Trinajstić information content (AvgIpc) is 1.87. The first kappa shape index (κ1) is 10.4. The highest BCUT2D eigenvalue weighted by molar-refractivity contribution is 5.72. The van der Waals surface area contributed by atoms with Crippen LogP contribution in [0.1, 0.15) is 13.8 Å². The van der Waals surface area contributed by atoms with Crippen molar-refractivity contribution in [3.8, 4) is 0 Å². The molecule has 4 nitrogen and oxygen atoms in total. The summed E-state index contributed by atoms with van der Waals surface area (Å²) < 4.78 is 4.70. The second-order valence-corrected chi connectivity index (χ2v) is 2.63. The molecule has 1 unspecified atom stereocenters. The smallest absolute Gasteiger partial charge is 0.334 e. The molecule has 0 aliphatic rings. The zero-order valence-corrected chi connectivity index (χ0v) is 7.13. The van der Waals surface area contributed by atoms with Gasteiger partial charge in [0.1, 0.15) is 0 Å². The zero-order chi connectivity index (χ0) is 8.85. The molecule has 0 aromatic heterocycles. The number of methoxy groups -OCH3 is 1. The Morgan fingerprint density at radius 1 is 1.64 bits per heavy atom. The van der Waals surface area contributed by atoms with Crippen LogP contribution in [0.4, 0.5) is 0 Å². The van der Waals surface area contributed by atoms with Crippen molar-refractivity contribution in [1.82, 2.24) is 5.32 Å². The molecule has 0 aliphatic heterocycles. The van der Waals surface area contributed by atoms with Crippen molar-refractivity contribution >= 4 is 5.97 Å². The van der Waals surface area contributed by atoms with Crippen LogP contribution < -0.4 is 5.32 Å². The van der Waals surface area contributed by atoms with E-state index in [1.54, 1.807) is 0 Å². The fourth-order valence-corrected chi connectivity index (χ4v) is 0.614. The number of ether oxygens (including phenoxy) is 1. The number of carbonyl (C=O) groups is 1. The Bertz CT molecular complexity index is 125. The Labute approximate surface area is 66.5 Å². The van der Waals surface area contributed by atoms with Gasteiger partial charge in [0.15, 0.2) is 6.10 Å². The number of carboxylic acid groups (broad SMARTS) is 1. The number of hydrogen-bond donors (Lipinski definition) is 2. The van der Waals surface area contributed by atoms with Crippen molar-refractivity contribution in [1.29, 1.82) is 0 Å². The van der Waals surface area contributed by atoms with Gasteiger partial charge in [-0.3, -0.25) is 0 Å². The predicted molar refractivity (Wildman–Crippen MR) is 41.6 cm³/mol. The first-order valence-electron chi connectivity index (χ1n) is 3.57. The highest BCUT2D eigenvalue weighted by atomic mass is 16.5. The molecule has 11 heavy (non-hydrogen) atoms. The minimum atomic E-state index is -0.930. The van der Waals surface area contributed by atoms with Crippen LogP contribution in [0.5, 0.6) is 0 Å². The monoisotopic (exact) mass is 161 g/mol. The van der Waals surface area contributed by atoms with Crippen LogP contribution in [0.15, 0.2) is 0 Å². The van der Waals surface area contributed by atoms with Crippen LogP contribution in [0, 0.1) is 0 Å². The molecular formula is C7H15NO3. The molecule has 4 heteroatoms. The molecule has 0 aromatic rings. The first-order valence-corrected chi connectivity index (χ1v) is 3.57. The van der Waals surface area contributed by atoms with E-state index in [1.807, 2.05) is 13.8 Å². The topological polar surface area (TPSA) is 58.6 Å². The standard InChI is InChI=1S/C7H15NO3/c1-5(2)8-4-6(11-3)7(9)10/h5-6,8H,4H2,1-3H3,(H,9,10). The van der Waals surface area contributed by atoms with E-state index < -0.39 is 12.1 Å². The summed E-state index contributed by atoms with van der Waals surface area (Å²) in [7, 11) is 1.39. The summed E-state index contributed by atoms with van der Waals surface area (Å²) in [6.45, 7) is 4.26. The molecule has 0 fully saturated rings. The minimum Gasteiger partial charge on any atom is -0.479 e. The van der Waals surface area contributed by atoms with Crippen molar-refractivity contribution in [2.24, 2.45) is 0 Å². The molecule has 2 N–H and O–H groups in total. The van der Waals surface area contributed by atoms with Gasteiger partial charge in [-0.15, -0.1) is 0 Å². The van der Waals surface area contributed by atoms with E-state index in [-0.39, 0.29) is 6.04 Å². The van der Waals surface area contributed by atoms with E-state index in [0.29, 0.717) is 6.54 Å². The first-order chi connectivity index (χ1) is 5.07. The van der Waals surface area contributed by atoms with Crippen molar-refractivity contribution < 1.29 is 14.6 Å². The Hall–Kier alpha value is -0.610. The molecule has 0 saturated heterocycles. The van der Waals surface area contributed by atoms with E-state index in [2.05, 4.69) is 5.32 Å². The molecule has 0 bridgehead atoms. The Kier molecular flexibility index (Phi) is 4.81. The maximum Gasteiger partial charge on any atom is 0.334 e. The van der Waals surface area contributed by atoms with Gasteiger partial charge in [-0.2, -0.15) is 0 Å². The molecule has 0 heterocycles. The lowest BCUT2D eigenvalue weighted by atomic mass is 10.3. The van der Waals surface area contributed by atoms with Crippen LogP contribution >= 0.6 is 0 Å². The van der Waals surface area contributed by atoms with Gasteiger partial charge in [-0.25, -0.2) is 4.79 Å². The molecule has 1 atom stereocenters. The van der Waals surface area contributed by atoms with Crippen LogP contribution in [0.3, 0.4) is 0 Å². The average molecular weight is 161 g/mol. The van der Waals surface area contributed by atoms with Crippen LogP contribution in [0.25, 0.3) is 0 Å². The van der Waals surface area contributed by atoms with Gasteiger partial charge in [-0.1, -0.05) is 13.8 Å². The molecular weight excluding hydrogens is 146 g/mol. The van der Waals surface area contributed by atoms with Gasteiger partial charge in [0.2, 0.25) is 0 Å². The Balaban J connectivity index is 3.61. The summed E-state index contributed by atoms with van der Waals surface area (Å²) in [4.78, 5) is 10.4. The summed E-state index contributed by atoms with van der Waals surface area (Å²) in [5.74, 6) is -0.930. The van der Waals surface area contributed by atoms with Gasteiger partial charge in [0.25, 0.3) is 0 Å². The van der Waals surface area contributed by atoms with Gasteiger partial charge in [0.05, 0.1) is 0 Å². The molecule has 0 amide bonds. The number of hydrogen-bond acceptors (Lipinski definition) is 3. The third-order valence-corrected chi connectivity index (χ3v) is 1.27. The highest BCUT2D eigenvalue weighted by Crippen LogP contribution is 1.88. The summed E-state index contributed by atoms with van der Waals surface area (Å²) in [6.07, 6.45) is -0.739. The third-order valence-electron chi connectivity index (χ3n) is 1.27. The number of rotatable bonds is 5. The normalized spacial score (nSPS) is 13.5. The Morgan fingerprint density at radius 3 is 2.45 bits per heavy atom. The summed E-state index contributed by atoms with van der Waals surface area (Å²) in [5.41, 5.74) is 0. The number of aliphatic carboxylic acids is 1. The lowest BCUT2D eigenvalue weighted by Gasteiger charge is -2.13. The van der Waals surface area contributed by atoms with Crippen molar-refractivity contribution in [3.63, 3.8) is 0 Å². The van der Waals surface area contributed by atoms with Crippen LogP contribution in [-0.4, -0.2) is 36.9 Å². The summed E-state index contributed by atoms with van der Waals surface area (Å²) in [5, 5.41) is 11.5. The van der Waals surface area contributed by atoms with Crippen molar-refractivity contribution in [3.05, 3.63) is 0 Å². The summed E-state index contributed by atoms with van der Waals surface area (Å²) in [6, 6.07) is 0.284. The van der Waals surface area contributed by atoms with Crippen LogP contribution in [-0.2, 0) is 9.53 Å². The lowest BCUT2D eigenvalue weighted by Crippen LogP contribution is -2.37. The quantitative estimate of drug-likeness (QED) is 0.599. The molecule has 0 saturated carbocycles. The van der Waals surface area contributed by atoms with E-state index in [4.69, 9.17) is 9.84 Å². The van der Waals surface area contributed by atoms with Crippen LogP contribution in [0.2, 0.25) is 0 Å². The SMILES string of the molecule is COC(CNC(C)C)C(=O)O. The predicted octanol–water partition coefficient (Wildman–Crippen LogP) is 0.0840. The van der Waals surface area contributed by atoms with Crippen molar-refractivity contribution in [2.45, 2.75) is 26.0 Å². The zero-order valence-electron chi connectivity index (χ0n) is 7.13. The third kappa shape index (κ3) is 4.75. The Morgan fingerprint density at radius 2 is 2.18 bits per heavy atom. The number of carboxylic acids is 1. The molecule has 0 spiro atoms. The fourth-order valence-electron chi connectivity index (χ4n) is 0.614. The van der Waals surface area contributed by atoms with E-state index in [1.165, 1.54) is 7.11 Å². The van der Waals surface area contributed by atoms with Gasteiger partial charge >= 0.3 is 5.97 Å². The second-order valence-electron chi connectivity index (χ2n) is 2.63. The number of nitrogens with one attached hydrogen (secondary N) is 1. The maximum atomic E-state index is 10.4. The molecule has 0 rings (SSSR count).